The maximum Gasteiger partial charge on any atom is 0.348 e. The fourth-order valence-corrected chi connectivity index (χ4v) is 6.09. The summed E-state index contributed by atoms with van der Waals surface area (Å²) in [4.78, 5) is 40.2. The molecule has 0 spiro atoms. The lowest BCUT2D eigenvalue weighted by atomic mass is 9.81. The SMILES string of the molecule is CC1CCC(C(=O)N(c2cc(C#CC(C)(C)C)sc2C(=O)O)C2CCC(OC3=CCC(=O)N=N3)CC2)CC1. The molecule has 0 aromatic carbocycles. The lowest BCUT2D eigenvalue weighted by Crippen LogP contribution is -2.47. The first-order chi connectivity index (χ1) is 18.0. The van der Waals surface area contributed by atoms with Crippen molar-refractivity contribution in [2.24, 2.45) is 27.5 Å². The number of carboxylic acids is 1. The molecule has 0 bridgehead atoms. The van der Waals surface area contributed by atoms with E-state index in [1.807, 2.05) is 20.8 Å². The molecule has 1 N–H and O–H groups in total. The van der Waals surface area contributed by atoms with Gasteiger partial charge in [0.15, 0.2) is 0 Å². The number of aromatic carboxylic acids is 1. The normalized spacial score (nSPS) is 25.7. The third kappa shape index (κ3) is 7.10. The zero-order valence-electron chi connectivity index (χ0n) is 22.7. The van der Waals surface area contributed by atoms with Gasteiger partial charge in [-0.1, -0.05) is 18.8 Å². The van der Waals surface area contributed by atoms with Gasteiger partial charge in [-0.25, -0.2) is 4.79 Å². The minimum Gasteiger partial charge on any atom is -0.477 e. The molecule has 204 valence electrons. The molecular formula is C29H37N3O5S. The quantitative estimate of drug-likeness (QED) is 0.412. The summed E-state index contributed by atoms with van der Waals surface area (Å²) in [6.07, 6.45) is 8.17. The van der Waals surface area contributed by atoms with Crippen LogP contribution in [0, 0.1) is 29.1 Å². The number of anilines is 1. The number of hydrogen-bond acceptors (Lipinski definition) is 6. The van der Waals surface area contributed by atoms with E-state index in [4.69, 9.17) is 4.74 Å². The van der Waals surface area contributed by atoms with E-state index >= 15 is 0 Å². The third-order valence-corrected chi connectivity index (χ3v) is 8.36. The number of carbonyl (C=O) groups is 3. The molecule has 0 saturated heterocycles. The smallest absolute Gasteiger partial charge is 0.348 e. The standard InChI is InChI=1S/C29H37N3O5S/c1-18-5-7-19(8-6-18)27(34)32(23-17-22(15-16-29(2,3)4)38-26(23)28(35)36)20-9-11-21(12-10-20)37-25-14-13-24(33)30-31-25/h14,17-21H,5-13H2,1-4H3,(H,35,36). The largest absolute Gasteiger partial charge is 0.477 e. The summed E-state index contributed by atoms with van der Waals surface area (Å²) in [5.41, 5.74) is 0.247. The third-order valence-electron chi connectivity index (χ3n) is 7.34. The summed E-state index contributed by atoms with van der Waals surface area (Å²) < 4.78 is 5.97. The average Bonchev–Trinajstić information content (AvgIpc) is 3.30. The molecule has 38 heavy (non-hydrogen) atoms. The van der Waals surface area contributed by atoms with Gasteiger partial charge in [-0.3, -0.25) is 9.59 Å². The van der Waals surface area contributed by atoms with Gasteiger partial charge in [0.2, 0.25) is 11.8 Å². The highest BCUT2D eigenvalue weighted by Crippen LogP contribution is 2.39. The van der Waals surface area contributed by atoms with E-state index in [0.29, 0.717) is 48.0 Å². The van der Waals surface area contributed by atoms with Crippen molar-refractivity contribution in [2.45, 2.75) is 97.6 Å². The van der Waals surface area contributed by atoms with Crippen molar-refractivity contribution in [3.63, 3.8) is 0 Å². The van der Waals surface area contributed by atoms with Crippen molar-refractivity contribution >= 4 is 34.8 Å². The van der Waals surface area contributed by atoms with Gasteiger partial charge < -0.3 is 14.7 Å². The van der Waals surface area contributed by atoms with Crippen molar-refractivity contribution in [1.29, 1.82) is 0 Å². The van der Waals surface area contributed by atoms with Crippen LogP contribution in [0.25, 0.3) is 0 Å². The number of hydrogen-bond donors (Lipinski definition) is 1. The van der Waals surface area contributed by atoms with Gasteiger partial charge in [0.1, 0.15) is 11.0 Å². The Labute approximate surface area is 228 Å². The van der Waals surface area contributed by atoms with Crippen molar-refractivity contribution in [2.75, 3.05) is 4.90 Å². The topological polar surface area (TPSA) is 109 Å². The van der Waals surface area contributed by atoms with Crippen LogP contribution >= 0.6 is 11.3 Å². The molecule has 3 aliphatic rings. The van der Waals surface area contributed by atoms with Crippen LogP contribution in [0.4, 0.5) is 5.69 Å². The highest BCUT2D eigenvalue weighted by Gasteiger charge is 2.38. The molecule has 8 nitrogen and oxygen atoms in total. The van der Waals surface area contributed by atoms with Crippen molar-refractivity contribution in [1.82, 2.24) is 0 Å². The predicted octanol–water partition coefficient (Wildman–Crippen LogP) is 6.55. The van der Waals surface area contributed by atoms with Gasteiger partial charge >= 0.3 is 5.97 Å². The van der Waals surface area contributed by atoms with Crippen LogP contribution in [0.5, 0.6) is 0 Å². The highest BCUT2D eigenvalue weighted by atomic mass is 32.1. The highest BCUT2D eigenvalue weighted by molar-refractivity contribution is 7.15. The van der Waals surface area contributed by atoms with Crippen molar-refractivity contribution < 1.29 is 24.2 Å². The number of rotatable bonds is 6. The van der Waals surface area contributed by atoms with E-state index in [9.17, 15) is 19.5 Å². The van der Waals surface area contributed by atoms with Crippen LogP contribution in [0.3, 0.4) is 0 Å². The van der Waals surface area contributed by atoms with Gasteiger partial charge in [0, 0.05) is 17.4 Å². The van der Waals surface area contributed by atoms with E-state index < -0.39 is 5.97 Å². The molecule has 2 aliphatic carbocycles. The van der Waals surface area contributed by atoms with E-state index in [2.05, 4.69) is 29.0 Å². The van der Waals surface area contributed by atoms with E-state index in [-0.39, 0.29) is 46.6 Å². The first-order valence-electron chi connectivity index (χ1n) is 13.5. The van der Waals surface area contributed by atoms with Crippen molar-refractivity contribution in [3.05, 3.63) is 27.8 Å². The lowest BCUT2D eigenvalue weighted by Gasteiger charge is -2.39. The van der Waals surface area contributed by atoms with E-state index in [0.717, 1.165) is 37.0 Å². The molecule has 2 saturated carbocycles. The Morgan fingerprint density at radius 3 is 2.34 bits per heavy atom. The molecule has 0 radical (unpaired) electrons. The zero-order valence-corrected chi connectivity index (χ0v) is 23.5. The number of carbonyl (C=O) groups excluding carboxylic acids is 2. The Kier molecular flexibility index (Phi) is 8.71. The summed E-state index contributed by atoms with van der Waals surface area (Å²) in [7, 11) is 0. The maximum absolute atomic E-state index is 14.0. The van der Waals surface area contributed by atoms with E-state index in [1.165, 1.54) is 0 Å². The Morgan fingerprint density at radius 2 is 1.76 bits per heavy atom. The van der Waals surface area contributed by atoms with Gasteiger partial charge in [-0.05, 0) is 90.2 Å². The molecule has 0 atom stereocenters. The van der Waals surface area contributed by atoms with Crippen LogP contribution in [0.1, 0.15) is 100 Å². The molecule has 2 amide bonds. The summed E-state index contributed by atoms with van der Waals surface area (Å²) in [5, 5.41) is 17.5. The van der Waals surface area contributed by atoms with Gasteiger partial charge in [0.25, 0.3) is 5.91 Å². The summed E-state index contributed by atoms with van der Waals surface area (Å²) in [6.45, 7) is 8.25. The summed E-state index contributed by atoms with van der Waals surface area (Å²) in [5.74, 6) is 5.90. The number of azo groups is 1. The summed E-state index contributed by atoms with van der Waals surface area (Å²) in [6, 6.07) is 1.67. The second-order valence-electron chi connectivity index (χ2n) is 11.7. The number of nitrogens with zero attached hydrogens (tertiary/aromatic N) is 3. The molecule has 4 rings (SSSR count). The summed E-state index contributed by atoms with van der Waals surface area (Å²) >= 11 is 1.14. The predicted molar refractivity (Wildman–Crippen MR) is 146 cm³/mol. The molecule has 2 heterocycles. The van der Waals surface area contributed by atoms with Crippen molar-refractivity contribution in [3.8, 4) is 11.8 Å². The van der Waals surface area contributed by atoms with Gasteiger partial charge in [0.05, 0.1) is 17.0 Å². The molecule has 1 aliphatic heterocycles. The van der Waals surface area contributed by atoms with Gasteiger partial charge in [-0.2, -0.15) is 0 Å². The molecular weight excluding hydrogens is 502 g/mol. The molecule has 1 aromatic heterocycles. The van der Waals surface area contributed by atoms with Crippen LogP contribution in [0.15, 0.2) is 28.3 Å². The number of carboxylic acid groups (broad SMARTS) is 1. The minimum absolute atomic E-state index is 0.0270. The monoisotopic (exact) mass is 539 g/mol. The second-order valence-corrected chi connectivity index (χ2v) is 12.7. The van der Waals surface area contributed by atoms with E-state index in [1.54, 1.807) is 17.0 Å². The Bertz CT molecular complexity index is 1180. The Morgan fingerprint density at radius 1 is 1.08 bits per heavy atom. The number of amides is 2. The average molecular weight is 540 g/mol. The second kappa shape index (κ2) is 11.8. The minimum atomic E-state index is -1.04. The number of thiophene rings is 1. The zero-order chi connectivity index (χ0) is 27.4. The fourth-order valence-electron chi connectivity index (χ4n) is 5.25. The van der Waals surface area contributed by atoms with Crippen LogP contribution in [-0.4, -0.2) is 35.0 Å². The molecule has 0 unspecified atom stereocenters. The van der Waals surface area contributed by atoms with Crippen LogP contribution in [-0.2, 0) is 14.3 Å². The van der Waals surface area contributed by atoms with Gasteiger partial charge in [-0.15, -0.1) is 21.6 Å². The maximum atomic E-state index is 14.0. The lowest BCUT2D eigenvalue weighted by molar-refractivity contribution is -0.124. The van der Waals surface area contributed by atoms with Crippen LogP contribution in [0.2, 0.25) is 0 Å². The first-order valence-corrected chi connectivity index (χ1v) is 14.4. The molecule has 9 heteroatoms. The van der Waals surface area contributed by atoms with Crippen LogP contribution < -0.4 is 4.90 Å². The Hall–Kier alpha value is -2.99. The Balaban J connectivity index is 1.59. The molecule has 1 aromatic rings. The number of ether oxygens (including phenoxy) is 1. The molecule has 2 fully saturated rings. The first kappa shape index (κ1) is 28.0. The fraction of sp³-hybridized carbons (Fsp3) is 0.621.